The second-order valence-electron chi connectivity index (χ2n) is 5.88. The zero-order valence-corrected chi connectivity index (χ0v) is 15.1. The number of ether oxygens (including phenoxy) is 2. The van der Waals surface area contributed by atoms with Gasteiger partial charge in [-0.05, 0) is 43.8 Å². The van der Waals surface area contributed by atoms with Crippen LogP contribution in [0.4, 0.5) is 0 Å². The highest BCUT2D eigenvalue weighted by Crippen LogP contribution is 2.11. The van der Waals surface area contributed by atoms with Crippen molar-refractivity contribution in [1.82, 2.24) is 10.2 Å². The maximum absolute atomic E-state index is 12.3. The van der Waals surface area contributed by atoms with Gasteiger partial charge in [-0.1, -0.05) is 30.3 Å². The molecule has 0 heterocycles. The summed E-state index contributed by atoms with van der Waals surface area (Å²) in [5.74, 6) is 1.65. The number of likely N-dealkylation sites (N-methyl/N-ethyl adjacent to an activating group) is 1. The van der Waals surface area contributed by atoms with E-state index in [1.165, 1.54) is 0 Å². The molecule has 2 aromatic carbocycles. The number of carbonyl (C=O) groups is 1. The molecule has 2 aromatic rings. The Morgan fingerprint density at radius 3 is 2.40 bits per heavy atom. The first-order chi connectivity index (χ1) is 12.1. The normalized spacial score (nSPS) is 11.8. The highest BCUT2D eigenvalue weighted by molar-refractivity contribution is 5.81. The molecule has 0 aliphatic carbocycles. The summed E-state index contributed by atoms with van der Waals surface area (Å²) < 4.78 is 10.8. The van der Waals surface area contributed by atoms with Gasteiger partial charge in [-0.3, -0.25) is 9.69 Å². The number of hydrogen-bond donors (Lipinski definition) is 1. The minimum atomic E-state index is -0.224. The Morgan fingerprint density at radius 2 is 1.76 bits per heavy atom. The average molecular weight is 342 g/mol. The minimum Gasteiger partial charge on any atom is -0.497 e. The Bertz CT molecular complexity index is 644. The summed E-state index contributed by atoms with van der Waals surface area (Å²) in [6.45, 7) is 3.61. The number of hydrogen-bond acceptors (Lipinski definition) is 4. The van der Waals surface area contributed by atoms with Gasteiger partial charge < -0.3 is 14.8 Å². The number of methoxy groups -OCH3 is 1. The van der Waals surface area contributed by atoms with Crippen LogP contribution in [-0.4, -0.2) is 44.2 Å². The van der Waals surface area contributed by atoms with Crippen LogP contribution in [0.5, 0.6) is 11.5 Å². The number of rotatable bonds is 9. The van der Waals surface area contributed by atoms with E-state index in [1.807, 2.05) is 73.5 Å². The van der Waals surface area contributed by atoms with Crippen molar-refractivity contribution in [3.05, 3.63) is 60.2 Å². The molecule has 0 aliphatic heterocycles. The summed E-state index contributed by atoms with van der Waals surface area (Å²) in [6.07, 6.45) is 0. The van der Waals surface area contributed by atoms with E-state index in [1.54, 1.807) is 7.11 Å². The summed E-state index contributed by atoms with van der Waals surface area (Å²) in [4.78, 5) is 14.3. The third-order valence-electron chi connectivity index (χ3n) is 4.12. The van der Waals surface area contributed by atoms with Crippen LogP contribution < -0.4 is 14.8 Å². The van der Waals surface area contributed by atoms with Crippen molar-refractivity contribution in [3.8, 4) is 11.5 Å². The molecule has 0 saturated carbocycles. The lowest BCUT2D eigenvalue weighted by atomic mass is 10.2. The summed E-state index contributed by atoms with van der Waals surface area (Å²) in [5, 5.41) is 2.96. The molecule has 0 unspecified atom stereocenters. The zero-order valence-electron chi connectivity index (χ0n) is 15.1. The molecule has 1 N–H and O–H groups in total. The molecular weight excluding hydrogens is 316 g/mol. The van der Waals surface area contributed by atoms with Gasteiger partial charge in [0.15, 0.2) is 0 Å². The van der Waals surface area contributed by atoms with Crippen molar-refractivity contribution in [2.45, 2.75) is 19.5 Å². The van der Waals surface area contributed by atoms with Gasteiger partial charge in [-0.25, -0.2) is 0 Å². The maximum atomic E-state index is 12.3. The summed E-state index contributed by atoms with van der Waals surface area (Å²) in [6, 6.07) is 17.1. The molecule has 25 heavy (non-hydrogen) atoms. The maximum Gasteiger partial charge on any atom is 0.237 e. The third-order valence-corrected chi connectivity index (χ3v) is 4.12. The number of benzene rings is 2. The Kier molecular flexibility index (Phi) is 7.29. The Labute approximate surface area is 149 Å². The highest BCUT2D eigenvalue weighted by atomic mass is 16.5. The molecule has 1 atom stereocenters. The molecule has 5 nitrogen and oxygen atoms in total. The van der Waals surface area contributed by atoms with E-state index >= 15 is 0 Å². The Balaban J connectivity index is 1.72. The van der Waals surface area contributed by atoms with Gasteiger partial charge in [-0.15, -0.1) is 0 Å². The Hall–Kier alpha value is -2.53. The molecule has 0 fully saturated rings. The second kappa shape index (κ2) is 9.69. The van der Waals surface area contributed by atoms with Crippen LogP contribution in [0.25, 0.3) is 0 Å². The van der Waals surface area contributed by atoms with E-state index in [0.717, 1.165) is 17.1 Å². The van der Waals surface area contributed by atoms with Crippen molar-refractivity contribution in [2.24, 2.45) is 0 Å². The van der Waals surface area contributed by atoms with Crippen LogP contribution in [0.1, 0.15) is 12.5 Å². The van der Waals surface area contributed by atoms with Crippen LogP contribution in [-0.2, 0) is 11.3 Å². The standard InChI is InChI=1S/C20H26N2O3/c1-16(22(2)13-14-25-19-7-5-4-6-8-19)20(23)21-15-17-9-11-18(24-3)12-10-17/h4-12,16H,13-15H2,1-3H3,(H,21,23)/t16-/m1/s1. The first-order valence-electron chi connectivity index (χ1n) is 8.39. The molecule has 2 rings (SSSR count). The average Bonchev–Trinajstić information content (AvgIpc) is 2.66. The molecule has 0 spiro atoms. The largest absolute Gasteiger partial charge is 0.497 e. The van der Waals surface area contributed by atoms with Gasteiger partial charge in [-0.2, -0.15) is 0 Å². The third kappa shape index (κ3) is 6.12. The Morgan fingerprint density at radius 1 is 1.08 bits per heavy atom. The van der Waals surface area contributed by atoms with Gasteiger partial charge in [0.25, 0.3) is 0 Å². The molecule has 5 heteroatoms. The van der Waals surface area contributed by atoms with Gasteiger partial charge >= 0.3 is 0 Å². The summed E-state index contributed by atoms with van der Waals surface area (Å²) in [5.41, 5.74) is 1.04. The van der Waals surface area contributed by atoms with Crippen molar-refractivity contribution >= 4 is 5.91 Å². The first-order valence-corrected chi connectivity index (χ1v) is 8.39. The van der Waals surface area contributed by atoms with E-state index in [4.69, 9.17) is 9.47 Å². The van der Waals surface area contributed by atoms with Crippen LogP contribution in [0.15, 0.2) is 54.6 Å². The number of amides is 1. The van der Waals surface area contributed by atoms with E-state index < -0.39 is 0 Å². The van der Waals surface area contributed by atoms with Crippen LogP contribution >= 0.6 is 0 Å². The second-order valence-corrected chi connectivity index (χ2v) is 5.88. The van der Waals surface area contributed by atoms with Crippen molar-refractivity contribution < 1.29 is 14.3 Å². The fraction of sp³-hybridized carbons (Fsp3) is 0.350. The minimum absolute atomic E-state index is 0.00182. The van der Waals surface area contributed by atoms with E-state index in [0.29, 0.717) is 19.7 Å². The lowest BCUT2D eigenvalue weighted by Crippen LogP contribution is -2.44. The highest BCUT2D eigenvalue weighted by Gasteiger charge is 2.17. The number of nitrogens with zero attached hydrogens (tertiary/aromatic N) is 1. The number of nitrogens with one attached hydrogen (secondary N) is 1. The molecule has 1 amide bonds. The van der Waals surface area contributed by atoms with Gasteiger partial charge in [0.1, 0.15) is 18.1 Å². The van der Waals surface area contributed by atoms with Crippen LogP contribution in [0.2, 0.25) is 0 Å². The van der Waals surface area contributed by atoms with Gasteiger partial charge in [0.05, 0.1) is 13.2 Å². The van der Waals surface area contributed by atoms with Gasteiger partial charge in [0, 0.05) is 13.1 Å². The molecule has 0 saturated heterocycles. The molecule has 0 bridgehead atoms. The first kappa shape index (κ1) is 18.8. The quantitative estimate of drug-likeness (QED) is 0.761. The predicted octanol–water partition coefficient (Wildman–Crippen LogP) is 2.71. The van der Waals surface area contributed by atoms with Crippen molar-refractivity contribution in [1.29, 1.82) is 0 Å². The summed E-state index contributed by atoms with van der Waals surface area (Å²) >= 11 is 0. The molecule has 134 valence electrons. The lowest BCUT2D eigenvalue weighted by molar-refractivity contribution is -0.125. The molecule has 0 aliphatic rings. The predicted molar refractivity (Wildman–Crippen MR) is 98.9 cm³/mol. The fourth-order valence-corrected chi connectivity index (χ4v) is 2.30. The molecular formula is C20H26N2O3. The fourth-order valence-electron chi connectivity index (χ4n) is 2.30. The smallest absolute Gasteiger partial charge is 0.237 e. The molecule has 0 radical (unpaired) electrons. The van der Waals surface area contributed by atoms with Gasteiger partial charge in [0.2, 0.25) is 5.91 Å². The van der Waals surface area contributed by atoms with Crippen LogP contribution in [0.3, 0.4) is 0 Å². The lowest BCUT2D eigenvalue weighted by Gasteiger charge is -2.23. The zero-order chi connectivity index (χ0) is 18.1. The van der Waals surface area contributed by atoms with Crippen LogP contribution in [0, 0.1) is 0 Å². The summed E-state index contributed by atoms with van der Waals surface area (Å²) in [7, 11) is 3.56. The van der Waals surface area contributed by atoms with E-state index in [9.17, 15) is 4.79 Å². The van der Waals surface area contributed by atoms with Crippen molar-refractivity contribution in [2.75, 3.05) is 27.3 Å². The number of para-hydroxylation sites is 1. The SMILES string of the molecule is COc1ccc(CNC(=O)[C@@H](C)N(C)CCOc2ccccc2)cc1. The molecule has 0 aromatic heterocycles. The number of carbonyl (C=O) groups excluding carboxylic acids is 1. The van der Waals surface area contributed by atoms with E-state index in [2.05, 4.69) is 5.32 Å². The van der Waals surface area contributed by atoms with E-state index in [-0.39, 0.29) is 11.9 Å². The monoisotopic (exact) mass is 342 g/mol. The van der Waals surface area contributed by atoms with Crippen molar-refractivity contribution in [3.63, 3.8) is 0 Å². The topological polar surface area (TPSA) is 50.8 Å².